The van der Waals surface area contributed by atoms with E-state index in [1.807, 2.05) is 67.2 Å². The van der Waals surface area contributed by atoms with Crippen molar-refractivity contribution in [2.75, 3.05) is 24.5 Å². The molecule has 3 aliphatic rings. The van der Waals surface area contributed by atoms with Crippen LogP contribution in [0.4, 0.5) is 10.7 Å². The fourth-order valence-corrected chi connectivity index (χ4v) is 4.97. The number of hydrogen-bond donors (Lipinski definition) is 1. The van der Waals surface area contributed by atoms with Crippen molar-refractivity contribution in [1.82, 2.24) is 20.2 Å². The number of nitrogens with zero attached hydrogens (tertiary/aromatic N) is 4. The number of alkyl carbamates (subject to hydrolysis) is 1. The highest BCUT2D eigenvalue weighted by Crippen LogP contribution is 2.36. The summed E-state index contributed by atoms with van der Waals surface area (Å²) in [4.78, 5) is 39.3. The van der Waals surface area contributed by atoms with Gasteiger partial charge in [0.05, 0.1) is 11.2 Å². The molecule has 2 saturated heterocycles. The van der Waals surface area contributed by atoms with Gasteiger partial charge in [-0.25, -0.2) is 14.8 Å². The van der Waals surface area contributed by atoms with Gasteiger partial charge in [-0.05, 0) is 79.6 Å². The lowest BCUT2D eigenvalue weighted by Crippen LogP contribution is -2.51. The van der Waals surface area contributed by atoms with Crippen molar-refractivity contribution in [3.8, 4) is 0 Å². The van der Waals surface area contributed by atoms with Gasteiger partial charge in [-0.3, -0.25) is 4.79 Å². The smallest absolute Gasteiger partial charge is 0.444 e. The maximum atomic E-state index is 13.4. The molecular weight excluding hydrogens is 497 g/mol. The van der Waals surface area contributed by atoms with Gasteiger partial charge in [0, 0.05) is 43.5 Å². The molecule has 1 N–H and O–H groups in total. The van der Waals surface area contributed by atoms with Gasteiger partial charge in [-0.1, -0.05) is 13.8 Å². The number of nitrogens with one attached hydrogen (secondary N) is 1. The molecule has 1 aliphatic carbocycles. The van der Waals surface area contributed by atoms with Crippen LogP contribution in [0, 0.1) is 11.8 Å². The molecule has 1 aromatic heterocycles. The van der Waals surface area contributed by atoms with Crippen LogP contribution < -0.4 is 15.7 Å². The van der Waals surface area contributed by atoms with Crippen molar-refractivity contribution >= 4 is 30.5 Å². The first kappa shape index (κ1) is 29.6. The van der Waals surface area contributed by atoms with Crippen molar-refractivity contribution in [2.45, 2.75) is 110 Å². The molecule has 216 valence electrons. The van der Waals surface area contributed by atoms with E-state index in [2.05, 4.69) is 10.2 Å². The lowest BCUT2D eigenvalue weighted by atomic mass is 9.81. The van der Waals surface area contributed by atoms with Gasteiger partial charge < -0.3 is 29.2 Å². The molecule has 1 aromatic rings. The Labute approximate surface area is 233 Å². The monoisotopic (exact) mass is 543 g/mol. The first-order chi connectivity index (χ1) is 18.1. The third-order valence-electron chi connectivity index (χ3n) is 8.09. The summed E-state index contributed by atoms with van der Waals surface area (Å²) in [5.41, 5.74) is -0.647. The third kappa shape index (κ3) is 7.03. The number of aromatic nitrogens is 2. The molecule has 3 heterocycles. The second-order valence-corrected chi connectivity index (χ2v) is 13.6. The van der Waals surface area contributed by atoms with Crippen LogP contribution in [0.1, 0.15) is 81.6 Å². The number of amides is 2. The van der Waals surface area contributed by atoms with Crippen LogP contribution >= 0.6 is 0 Å². The minimum Gasteiger partial charge on any atom is -0.444 e. The average Bonchev–Trinajstić information content (AvgIpc) is 3.50. The highest BCUT2D eigenvalue weighted by atomic mass is 16.7. The molecular formula is C28H46BN5O5. The summed E-state index contributed by atoms with van der Waals surface area (Å²) in [6.45, 7) is 19.5. The molecule has 11 heteroatoms. The first-order valence-corrected chi connectivity index (χ1v) is 14.3. The van der Waals surface area contributed by atoms with E-state index >= 15 is 0 Å². The molecule has 3 fully saturated rings. The molecule has 39 heavy (non-hydrogen) atoms. The Hall–Kier alpha value is -2.40. The van der Waals surface area contributed by atoms with Crippen LogP contribution in [0.3, 0.4) is 0 Å². The topological polar surface area (TPSA) is 106 Å². The van der Waals surface area contributed by atoms with Gasteiger partial charge in [-0.2, -0.15) is 0 Å². The molecule has 2 aliphatic heterocycles. The summed E-state index contributed by atoms with van der Waals surface area (Å²) in [6.07, 6.45) is 6.18. The van der Waals surface area contributed by atoms with Crippen LogP contribution in [0.25, 0.3) is 0 Å². The van der Waals surface area contributed by atoms with Crippen LogP contribution in [-0.2, 0) is 18.8 Å². The third-order valence-corrected chi connectivity index (χ3v) is 8.09. The lowest BCUT2D eigenvalue weighted by molar-refractivity contribution is -0.133. The van der Waals surface area contributed by atoms with Crippen molar-refractivity contribution in [3.05, 3.63) is 12.4 Å². The van der Waals surface area contributed by atoms with Gasteiger partial charge in [-0.15, -0.1) is 0 Å². The van der Waals surface area contributed by atoms with Crippen LogP contribution in [0.2, 0.25) is 0 Å². The Morgan fingerprint density at radius 2 is 1.72 bits per heavy atom. The minimum atomic E-state index is -0.621. The molecule has 0 aromatic carbocycles. The maximum absolute atomic E-state index is 13.4. The number of hydrogen-bond acceptors (Lipinski definition) is 8. The summed E-state index contributed by atoms with van der Waals surface area (Å²) in [7, 11) is -0.490. The Morgan fingerprint density at radius 3 is 2.23 bits per heavy atom. The normalized spacial score (nSPS) is 23.2. The molecule has 0 spiro atoms. The Balaban J connectivity index is 1.37. The Bertz CT molecular complexity index is 1020. The zero-order chi connectivity index (χ0) is 28.8. The molecule has 0 radical (unpaired) electrons. The molecule has 10 nitrogen and oxygen atoms in total. The van der Waals surface area contributed by atoms with E-state index in [-0.39, 0.29) is 11.8 Å². The van der Waals surface area contributed by atoms with Crippen LogP contribution in [0.5, 0.6) is 0 Å². The standard InChI is InChI=1S/C28H46BN5O5/c1-18(2)22(32-25(36)37-26(3,4)5)23(35)33-13-12-19(16-33)17-34(21-10-11-21)24-30-14-20(15-31-24)29-38-27(6,7)28(8,9)39-29/h14-15,18-19,21-22H,10-13,16-17H2,1-9H3,(H,32,36)/t19-,22-/m0/s1. The predicted octanol–water partition coefficient (Wildman–Crippen LogP) is 3.14. The van der Waals surface area contributed by atoms with E-state index < -0.39 is 36.1 Å². The molecule has 4 rings (SSSR count). The maximum Gasteiger partial charge on any atom is 0.498 e. The van der Waals surface area contributed by atoms with E-state index in [1.165, 1.54) is 0 Å². The molecule has 0 bridgehead atoms. The number of rotatable bonds is 8. The predicted molar refractivity (Wildman–Crippen MR) is 151 cm³/mol. The van der Waals surface area contributed by atoms with Crippen LogP contribution in [-0.4, -0.2) is 82.5 Å². The zero-order valence-corrected chi connectivity index (χ0v) is 25.1. The summed E-state index contributed by atoms with van der Waals surface area (Å²) >= 11 is 0. The van der Waals surface area contributed by atoms with Gasteiger partial charge in [0.15, 0.2) is 0 Å². The van der Waals surface area contributed by atoms with Crippen molar-refractivity contribution < 1.29 is 23.6 Å². The van der Waals surface area contributed by atoms with Crippen molar-refractivity contribution in [1.29, 1.82) is 0 Å². The van der Waals surface area contributed by atoms with Crippen molar-refractivity contribution in [2.24, 2.45) is 11.8 Å². The van der Waals surface area contributed by atoms with E-state index in [4.69, 9.17) is 24.0 Å². The minimum absolute atomic E-state index is 0.0528. The number of anilines is 1. The quantitative estimate of drug-likeness (QED) is 0.499. The molecule has 0 unspecified atom stereocenters. The van der Waals surface area contributed by atoms with E-state index in [0.717, 1.165) is 31.3 Å². The van der Waals surface area contributed by atoms with E-state index in [9.17, 15) is 9.59 Å². The summed E-state index contributed by atoms with van der Waals surface area (Å²) < 4.78 is 17.7. The number of ether oxygens (including phenoxy) is 1. The van der Waals surface area contributed by atoms with Gasteiger partial charge >= 0.3 is 13.2 Å². The number of carbonyl (C=O) groups is 2. The van der Waals surface area contributed by atoms with Gasteiger partial charge in [0.25, 0.3) is 0 Å². The van der Waals surface area contributed by atoms with Gasteiger partial charge in [0.1, 0.15) is 11.6 Å². The summed E-state index contributed by atoms with van der Waals surface area (Å²) in [5, 5.41) is 2.79. The van der Waals surface area contributed by atoms with Crippen molar-refractivity contribution in [3.63, 3.8) is 0 Å². The lowest BCUT2D eigenvalue weighted by Gasteiger charge is -2.32. The van der Waals surface area contributed by atoms with Gasteiger partial charge in [0.2, 0.25) is 11.9 Å². The second-order valence-electron chi connectivity index (χ2n) is 13.6. The SMILES string of the molecule is CC(C)[C@H](NC(=O)OC(C)(C)C)C(=O)N1CC[C@H](CN(c2ncc(B3OC(C)(C)C(C)(C)O3)cn2)C2CC2)C1. The highest BCUT2D eigenvalue weighted by molar-refractivity contribution is 6.61. The fourth-order valence-electron chi connectivity index (χ4n) is 4.97. The molecule has 1 saturated carbocycles. The Kier molecular flexibility index (Phi) is 8.25. The number of likely N-dealkylation sites (tertiary alicyclic amines) is 1. The molecule has 2 atom stereocenters. The Morgan fingerprint density at radius 1 is 1.13 bits per heavy atom. The largest absolute Gasteiger partial charge is 0.498 e. The highest BCUT2D eigenvalue weighted by Gasteiger charge is 2.52. The van der Waals surface area contributed by atoms with Crippen LogP contribution in [0.15, 0.2) is 12.4 Å². The second kappa shape index (κ2) is 10.9. The molecule has 2 amide bonds. The van der Waals surface area contributed by atoms with E-state index in [0.29, 0.717) is 31.0 Å². The first-order valence-electron chi connectivity index (χ1n) is 14.3. The van der Waals surface area contributed by atoms with E-state index in [1.54, 1.807) is 12.4 Å². The number of carbonyl (C=O) groups excluding carboxylic acids is 2. The summed E-state index contributed by atoms with van der Waals surface area (Å²) in [5.74, 6) is 0.895. The zero-order valence-electron chi connectivity index (χ0n) is 25.1. The fraction of sp³-hybridized carbons (Fsp3) is 0.786. The average molecular weight is 544 g/mol. The summed E-state index contributed by atoms with van der Waals surface area (Å²) in [6, 6.07) is -0.196.